The molecule has 248 valence electrons. The molecule has 4 atom stereocenters. The van der Waals surface area contributed by atoms with Gasteiger partial charge >= 0.3 is 0 Å². The van der Waals surface area contributed by atoms with Crippen LogP contribution in [-0.4, -0.2) is 37.7 Å². The largest absolute Gasteiger partial charge is 0.494 e. The van der Waals surface area contributed by atoms with Gasteiger partial charge in [0.05, 0.1) is 13.2 Å². The summed E-state index contributed by atoms with van der Waals surface area (Å²) in [6.45, 7) is 12.8. The number of rotatable bonds is 16. The molecule has 2 bridgehead atoms. The quantitative estimate of drug-likeness (QED) is 0.176. The molecule has 0 spiro atoms. The van der Waals surface area contributed by atoms with Crippen LogP contribution in [0.15, 0.2) is 54.1 Å². The molecule has 3 nitrogen and oxygen atoms in total. The van der Waals surface area contributed by atoms with E-state index in [0.29, 0.717) is 11.8 Å². The van der Waals surface area contributed by atoms with Crippen molar-refractivity contribution < 1.29 is 9.47 Å². The van der Waals surface area contributed by atoms with Crippen LogP contribution in [0, 0.1) is 23.7 Å². The first-order valence-electron chi connectivity index (χ1n) is 19.0. The summed E-state index contributed by atoms with van der Waals surface area (Å²) >= 11 is 0. The Hall–Kier alpha value is -2.26. The number of benzene rings is 2. The molecule has 0 aromatic heterocycles. The number of fused-ring (bicyclic) bond motifs is 2. The van der Waals surface area contributed by atoms with E-state index in [4.69, 9.17) is 9.47 Å². The molecule has 1 heterocycles. The summed E-state index contributed by atoms with van der Waals surface area (Å²) in [7, 11) is 0. The SMILES string of the molecule is CCCCCCOc1ccc(/C(=C2/C(C)CC3CC(C)CC2C3)c2ccc(OCCCCCCN3CCCCCC3)cc2)cc1. The molecule has 1 saturated heterocycles. The smallest absolute Gasteiger partial charge is 0.119 e. The third-order valence-electron chi connectivity index (χ3n) is 10.9. The first-order valence-corrected chi connectivity index (χ1v) is 19.0. The molecule has 3 fully saturated rings. The molecular formula is C42H63NO2. The van der Waals surface area contributed by atoms with E-state index in [1.54, 1.807) is 5.57 Å². The van der Waals surface area contributed by atoms with Crippen LogP contribution in [0.2, 0.25) is 0 Å². The van der Waals surface area contributed by atoms with E-state index in [-0.39, 0.29) is 0 Å². The van der Waals surface area contributed by atoms with Crippen LogP contribution in [0.4, 0.5) is 0 Å². The minimum absolute atomic E-state index is 0.626. The molecule has 0 amide bonds. The van der Waals surface area contributed by atoms with Crippen LogP contribution in [0.25, 0.3) is 5.57 Å². The van der Waals surface area contributed by atoms with Crippen LogP contribution in [0.3, 0.4) is 0 Å². The van der Waals surface area contributed by atoms with Gasteiger partial charge in [-0.2, -0.15) is 0 Å². The average Bonchev–Trinajstić information content (AvgIpc) is 3.32. The minimum Gasteiger partial charge on any atom is -0.494 e. The first kappa shape index (κ1) is 34.1. The first-order chi connectivity index (χ1) is 22.1. The van der Waals surface area contributed by atoms with Crippen LogP contribution in [0.1, 0.15) is 135 Å². The van der Waals surface area contributed by atoms with E-state index < -0.39 is 0 Å². The zero-order valence-corrected chi connectivity index (χ0v) is 29.0. The van der Waals surface area contributed by atoms with Crippen molar-refractivity contribution in [3.63, 3.8) is 0 Å². The predicted molar refractivity (Wildman–Crippen MR) is 191 cm³/mol. The molecule has 2 aromatic carbocycles. The van der Waals surface area contributed by atoms with Crippen molar-refractivity contribution >= 4 is 5.57 Å². The molecule has 0 N–H and O–H groups in total. The highest BCUT2D eigenvalue weighted by molar-refractivity contribution is 5.83. The summed E-state index contributed by atoms with van der Waals surface area (Å²) in [6, 6.07) is 18.1. The Balaban J connectivity index is 1.21. The number of hydrogen-bond acceptors (Lipinski definition) is 3. The summed E-state index contributed by atoms with van der Waals surface area (Å²) < 4.78 is 12.4. The highest BCUT2D eigenvalue weighted by Crippen LogP contribution is 2.51. The maximum atomic E-state index is 6.24. The molecule has 45 heavy (non-hydrogen) atoms. The van der Waals surface area contributed by atoms with E-state index in [2.05, 4.69) is 74.2 Å². The van der Waals surface area contributed by atoms with E-state index >= 15 is 0 Å². The van der Waals surface area contributed by atoms with Crippen molar-refractivity contribution in [1.82, 2.24) is 4.90 Å². The Morgan fingerprint density at radius 3 is 1.82 bits per heavy atom. The highest BCUT2D eigenvalue weighted by atomic mass is 16.5. The van der Waals surface area contributed by atoms with Crippen LogP contribution >= 0.6 is 0 Å². The normalized spacial score (nSPS) is 25.0. The lowest BCUT2D eigenvalue weighted by Crippen LogP contribution is -2.32. The Kier molecular flexibility index (Phi) is 13.8. The van der Waals surface area contributed by atoms with Gasteiger partial charge in [0.15, 0.2) is 0 Å². The predicted octanol–water partition coefficient (Wildman–Crippen LogP) is 11.4. The molecule has 4 unspecified atom stereocenters. The van der Waals surface area contributed by atoms with Gasteiger partial charge in [0.2, 0.25) is 0 Å². The molecule has 2 aliphatic carbocycles. The molecule has 2 saturated carbocycles. The summed E-state index contributed by atoms with van der Waals surface area (Å²) in [5, 5.41) is 0. The monoisotopic (exact) mass is 613 g/mol. The minimum atomic E-state index is 0.626. The molecule has 0 radical (unpaired) electrons. The van der Waals surface area contributed by atoms with Gasteiger partial charge in [-0.1, -0.05) is 95.6 Å². The maximum Gasteiger partial charge on any atom is 0.119 e. The van der Waals surface area contributed by atoms with Gasteiger partial charge < -0.3 is 14.4 Å². The zero-order chi connectivity index (χ0) is 31.3. The van der Waals surface area contributed by atoms with Gasteiger partial charge in [0.1, 0.15) is 11.5 Å². The highest BCUT2D eigenvalue weighted by Gasteiger charge is 2.38. The fourth-order valence-electron chi connectivity index (χ4n) is 8.67. The third kappa shape index (κ3) is 10.4. The topological polar surface area (TPSA) is 21.7 Å². The fraction of sp³-hybridized carbons (Fsp3) is 0.667. The standard InChI is InChI=1S/C42H63NO2/c1-4-5-6-14-27-44-39-20-16-36(17-21-39)42(41-34(3)31-35-29-33(2)30-38(41)32-35)37-18-22-40(23-19-37)45-28-15-10-9-13-26-43-24-11-7-8-12-25-43/h16-23,33-35,38H,4-15,24-32H2,1-3H3/b42-41+. The van der Waals surface area contributed by atoms with Crippen molar-refractivity contribution in [3.8, 4) is 11.5 Å². The Morgan fingerprint density at radius 2 is 1.22 bits per heavy atom. The third-order valence-corrected chi connectivity index (χ3v) is 10.9. The molecule has 3 heteroatoms. The van der Waals surface area contributed by atoms with Crippen LogP contribution < -0.4 is 9.47 Å². The van der Waals surface area contributed by atoms with Gasteiger partial charge in [-0.25, -0.2) is 0 Å². The average molecular weight is 614 g/mol. The second-order valence-electron chi connectivity index (χ2n) is 14.8. The van der Waals surface area contributed by atoms with Gasteiger partial charge in [-0.05, 0) is 142 Å². The number of allylic oxidation sites excluding steroid dienone is 1. The number of unbranched alkanes of at least 4 members (excludes halogenated alkanes) is 6. The Morgan fingerprint density at radius 1 is 0.644 bits per heavy atom. The van der Waals surface area contributed by atoms with Crippen molar-refractivity contribution in [1.29, 1.82) is 0 Å². The van der Waals surface area contributed by atoms with E-state index in [9.17, 15) is 0 Å². The Labute approximate surface area is 276 Å². The molecular weight excluding hydrogens is 550 g/mol. The summed E-state index contributed by atoms with van der Waals surface area (Å²) in [4.78, 5) is 2.69. The molecule has 3 aliphatic rings. The second kappa shape index (κ2) is 18.2. The van der Waals surface area contributed by atoms with Gasteiger partial charge in [-0.3, -0.25) is 0 Å². The van der Waals surface area contributed by atoms with Gasteiger partial charge in [0, 0.05) is 0 Å². The maximum absolute atomic E-state index is 6.24. The number of likely N-dealkylation sites (tertiary alicyclic amines) is 1. The molecule has 1 aliphatic heterocycles. The van der Waals surface area contributed by atoms with Crippen LogP contribution in [0.5, 0.6) is 11.5 Å². The lowest BCUT2D eigenvalue weighted by molar-refractivity contribution is 0.163. The number of nitrogens with zero attached hydrogens (tertiary/aromatic N) is 1. The van der Waals surface area contributed by atoms with Gasteiger partial charge in [-0.15, -0.1) is 0 Å². The second-order valence-corrected chi connectivity index (χ2v) is 14.8. The lowest BCUT2D eigenvalue weighted by atomic mass is 9.61. The van der Waals surface area contributed by atoms with Crippen molar-refractivity contribution in [2.75, 3.05) is 32.8 Å². The number of ether oxygens (including phenoxy) is 2. The fourth-order valence-corrected chi connectivity index (χ4v) is 8.67. The summed E-state index contributed by atoms with van der Waals surface area (Å²) in [6.07, 6.45) is 21.1. The van der Waals surface area contributed by atoms with Crippen LogP contribution in [-0.2, 0) is 0 Å². The summed E-state index contributed by atoms with van der Waals surface area (Å²) in [5.74, 6) is 5.04. The molecule has 5 rings (SSSR count). The van der Waals surface area contributed by atoms with E-state index in [1.807, 2.05) is 0 Å². The summed E-state index contributed by atoms with van der Waals surface area (Å²) in [5.41, 5.74) is 5.83. The van der Waals surface area contributed by atoms with Crippen molar-refractivity contribution in [2.24, 2.45) is 23.7 Å². The van der Waals surface area contributed by atoms with E-state index in [1.165, 1.54) is 126 Å². The lowest BCUT2D eigenvalue weighted by Gasteiger charge is -2.44. The van der Waals surface area contributed by atoms with Crippen molar-refractivity contribution in [3.05, 3.63) is 65.2 Å². The Bertz CT molecular complexity index is 1140. The molecule has 2 aromatic rings. The number of hydrogen-bond donors (Lipinski definition) is 0. The van der Waals surface area contributed by atoms with Crippen molar-refractivity contribution in [2.45, 2.75) is 124 Å². The zero-order valence-electron chi connectivity index (χ0n) is 29.0. The van der Waals surface area contributed by atoms with E-state index in [0.717, 1.165) is 49.4 Å². The van der Waals surface area contributed by atoms with Gasteiger partial charge in [0.25, 0.3) is 0 Å².